The maximum absolute atomic E-state index is 12.7. The first-order valence-corrected chi connectivity index (χ1v) is 11.6. The van der Waals surface area contributed by atoms with E-state index < -0.39 is 11.6 Å². The Hall–Kier alpha value is -2.62. The molecule has 0 aromatic carbocycles. The van der Waals surface area contributed by atoms with Crippen LogP contribution in [0.4, 0.5) is 10.6 Å². The molecule has 0 bridgehead atoms. The van der Waals surface area contributed by atoms with Crippen LogP contribution in [0.15, 0.2) is 6.07 Å². The van der Waals surface area contributed by atoms with Gasteiger partial charge in [-0.25, -0.2) is 9.59 Å². The molecule has 0 unspecified atom stereocenters. The van der Waals surface area contributed by atoms with Crippen molar-refractivity contribution in [2.75, 3.05) is 31.6 Å². The fourth-order valence-corrected chi connectivity index (χ4v) is 4.70. The summed E-state index contributed by atoms with van der Waals surface area (Å²) in [6.07, 6.45) is 1.60. The molecule has 33 heavy (non-hydrogen) atoms. The van der Waals surface area contributed by atoms with Crippen LogP contribution in [-0.2, 0) is 4.74 Å². The molecule has 3 rings (SSSR count). The summed E-state index contributed by atoms with van der Waals surface area (Å²) in [6, 6.07) is 1.46. The van der Waals surface area contributed by atoms with Crippen molar-refractivity contribution in [3.05, 3.63) is 11.8 Å². The highest BCUT2D eigenvalue weighted by Gasteiger charge is 2.36. The number of likely N-dealkylation sites (N-methyl/N-ethyl adjacent to an activating group) is 1. The van der Waals surface area contributed by atoms with Gasteiger partial charge in [0.25, 0.3) is 0 Å². The molecule has 0 aliphatic carbocycles. The third kappa shape index (κ3) is 6.04. The number of rotatable bonds is 5. The highest BCUT2D eigenvalue weighted by atomic mass is 16.6. The molecular formula is C23H37N5O5. The number of likely N-dealkylation sites (tertiary alicyclic amines) is 1. The zero-order chi connectivity index (χ0) is 24.5. The van der Waals surface area contributed by atoms with Crippen molar-refractivity contribution in [1.82, 2.24) is 19.8 Å². The van der Waals surface area contributed by atoms with Gasteiger partial charge in [-0.2, -0.15) is 9.97 Å². The average molecular weight is 464 g/mol. The summed E-state index contributed by atoms with van der Waals surface area (Å²) in [5.41, 5.74) is -0.690. The first-order valence-electron chi connectivity index (χ1n) is 11.6. The molecule has 0 saturated carbocycles. The number of hydrogen-bond acceptors (Lipinski definition) is 8. The highest BCUT2D eigenvalue weighted by Crippen LogP contribution is 2.26. The highest BCUT2D eigenvalue weighted by molar-refractivity contribution is 5.86. The van der Waals surface area contributed by atoms with Crippen molar-refractivity contribution in [2.24, 2.45) is 0 Å². The number of carboxylic acid groups (broad SMARTS) is 1. The standard InChI is InChI=1S/C23H37N5O5/c1-14-12-27(13-15(2)28(14)22(31)33-23(4,5)6)19-11-17(20(29)30)24-21(25-19)32-16(3)18-9-8-10-26(18)7/h11,14-16,18H,8-10,12-13H2,1-7H3,(H,29,30)/t14-,15-,16-,18-/m0/s1. The molecule has 4 atom stereocenters. The molecule has 1 N–H and O–H groups in total. The lowest BCUT2D eigenvalue weighted by atomic mass is 10.1. The van der Waals surface area contributed by atoms with Gasteiger partial charge in [-0.3, -0.25) is 9.80 Å². The summed E-state index contributed by atoms with van der Waals surface area (Å²) in [6.45, 7) is 13.4. The Morgan fingerprint density at radius 1 is 1.18 bits per heavy atom. The first kappa shape index (κ1) is 25.0. The van der Waals surface area contributed by atoms with Crippen LogP contribution in [0.2, 0.25) is 0 Å². The third-order valence-electron chi connectivity index (χ3n) is 6.17. The molecule has 2 aliphatic heterocycles. The number of piperazine rings is 1. The lowest BCUT2D eigenvalue weighted by Crippen LogP contribution is -2.59. The summed E-state index contributed by atoms with van der Waals surface area (Å²) >= 11 is 0. The van der Waals surface area contributed by atoms with Crippen molar-refractivity contribution in [3.63, 3.8) is 0 Å². The predicted octanol–water partition coefficient (Wildman–Crippen LogP) is 2.87. The van der Waals surface area contributed by atoms with Gasteiger partial charge < -0.3 is 19.5 Å². The molecule has 0 spiro atoms. The zero-order valence-corrected chi connectivity index (χ0v) is 20.7. The second-order valence-electron chi connectivity index (χ2n) is 10.2. The van der Waals surface area contributed by atoms with Crippen LogP contribution in [0.25, 0.3) is 0 Å². The van der Waals surface area contributed by atoms with Gasteiger partial charge in [0.15, 0.2) is 5.69 Å². The van der Waals surface area contributed by atoms with Crippen LogP contribution in [0.1, 0.15) is 64.9 Å². The van der Waals surface area contributed by atoms with Gasteiger partial charge in [0.1, 0.15) is 17.5 Å². The molecule has 10 nitrogen and oxygen atoms in total. The molecule has 2 fully saturated rings. The molecule has 2 aliphatic rings. The van der Waals surface area contributed by atoms with Gasteiger partial charge in [0.2, 0.25) is 0 Å². The number of nitrogens with zero attached hydrogens (tertiary/aromatic N) is 5. The molecule has 184 valence electrons. The summed E-state index contributed by atoms with van der Waals surface area (Å²) < 4.78 is 11.6. The van der Waals surface area contributed by atoms with Gasteiger partial charge in [0, 0.05) is 25.2 Å². The lowest BCUT2D eigenvalue weighted by Gasteiger charge is -2.44. The van der Waals surface area contributed by atoms with E-state index in [9.17, 15) is 14.7 Å². The molecule has 1 amide bonds. The molecule has 10 heteroatoms. The zero-order valence-electron chi connectivity index (χ0n) is 20.7. The Bertz CT molecular complexity index is 861. The SMILES string of the molecule is C[C@H](Oc1nc(C(=O)O)cc(N2C[C@H](C)N(C(=O)OC(C)(C)C)[C@@H](C)C2)n1)[C@@H]1CCCN1C. The second kappa shape index (κ2) is 9.70. The van der Waals surface area contributed by atoms with Crippen molar-refractivity contribution in [2.45, 2.75) is 84.2 Å². The summed E-state index contributed by atoms with van der Waals surface area (Å²) in [5.74, 6) is -0.658. The Labute approximate surface area is 195 Å². The summed E-state index contributed by atoms with van der Waals surface area (Å²) in [4.78, 5) is 39.1. The minimum atomic E-state index is -1.14. The quantitative estimate of drug-likeness (QED) is 0.705. The molecule has 3 heterocycles. The summed E-state index contributed by atoms with van der Waals surface area (Å²) in [7, 11) is 2.06. The number of carbonyl (C=O) groups excluding carboxylic acids is 1. The van der Waals surface area contributed by atoms with Gasteiger partial charge in [-0.05, 0) is 68.0 Å². The second-order valence-corrected chi connectivity index (χ2v) is 10.2. The number of ether oxygens (including phenoxy) is 2. The van der Waals surface area contributed by atoms with E-state index >= 15 is 0 Å². The van der Waals surface area contributed by atoms with Crippen molar-refractivity contribution < 1.29 is 24.2 Å². The lowest BCUT2D eigenvalue weighted by molar-refractivity contribution is 0.00556. The fourth-order valence-electron chi connectivity index (χ4n) is 4.70. The maximum Gasteiger partial charge on any atom is 0.410 e. The topological polar surface area (TPSA) is 108 Å². The number of amides is 1. The molecule has 0 radical (unpaired) electrons. The van der Waals surface area contributed by atoms with E-state index in [0.717, 1.165) is 19.4 Å². The fraction of sp³-hybridized carbons (Fsp3) is 0.739. The van der Waals surface area contributed by atoms with E-state index in [4.69, 9.17) is 9.47 Å². The number of anilines is 1. The number of aromatic carboxylic acids is 1. The number of carboxylic acids is 1. The normalized spacial score (nSPS) is 25.1. The van der Waals surface area contributed by atoms with Crippen molar-refractivity contribution in [1.29, 1.82) is 0 Å². The monoisotopic (exact) mass is 463 g/mol. The van der Waals surface area contributed by atoms with E-state index in [0.29, 0.717) is 18.9 Å². The van der Waals surface area contributed by atoms with Crippen LogP contribution < -0.4 is 9.64 Å². The van der Waals surface area contributed by atoms with E-state index in [-0.39, 0.29) is 42.0 Å². The van der Waals surface area contributed by atoms with E-state index in [1.54, 1.807) is 4.90 Å². The van der Waals surface area contributed by atoms with Crippen LogP contribution in [0.3, 0.4) is 0 Å². The van der Waals surface area contributed by atoms with Gasteiger partial charge in [-0.15, -0.1) is 0 Å². The Morgan fingerprint density at radius 3 is 2.33 bits per heavy atom. The Balaban J connectivity index is 1.79. The third-order valence-corrected chi connectivity index (χ3v) is 6.17. The van der Waals surface area contributed by atoms with Crippen LogP contribution in [-0.4, -0.2) is 93.4 Å². The number of hydrogen-bond donors (Lipinski definition) is 1. The summed E-state index contributed by atoms with van der Waals surface area (Å²) in [5, 5.41) is 9.60. The van der Waals surface area contributed by atoms with Gasteiger partial charge in [-0.1, -0.05) is 0 Å². The van der Waals surface area contributed by atoms with E-state index in [2.05, 4.69) is 21.9 Å². The van der Waals surface area contributed by atoms with Gasteiger partial charge in [0.05, 0.1) is 12.1 Å². The first-order chi connectivity index (χ1) is 15.4. The minimum Gasteiger partial charge on any atom is -0.477 e. The maximum atomic E-state index is 12.7. The molecule has 1 aromatic rings. The van der Waals surface area contributed by atoms with Gasteiger partial charge >= 0.3 is 18.1 Å². The smallest absolute Gasteiger partial charge is 0.410 e. The van der Waals surface area contributed by atoms with Crippen LogP contribution in [0.5, 0.6) is 6.01 Å². The Kier molecular flexibility index (Phi) is 7.36. The molecular weight excluding hydrogens is 426 g/mol. The minimum absolute atomic E-state index is 0.0626. The van der Waals surface area contributed by atoms with Crippen molar-refractivity contribution in [3.8, 4) is 6.01 Å². The van der Waals surface area contributed by atoms with Crippen molar-refractivity contribution >= 4 is 17.9 Å². The predicted molar refractivity (Wildman–Crippen MR) is 124 cm³/mol. The Morgan fingerprint density at radius 2 is 1.82 bits per heavy atom. The van der Waals surface area contributed by atoms with E-state index in [1.807, 2.05) is 46.4 Å². The number of carbonyl (C=O) groups is 2. The molecule has 2 saturated heterocycles. The average Bonchev–Trinajstić information content (AvgIpc) is 3.11. The molecule has 1 aromatic heterocycles. The van der Waals surface area contributed by atoms with Crippen LogP contribution in [0, 0.1) is 0 Å². The van der Waals surface area contributed by atoms with Crippen LogP contribution >= 0.6 is 0 Å². The number of aromatic nitrogens is 2. The van der Waals surface area contributed by atoms with E-state index in [1.165, 1.54) is 6.07 Å². The largest absolute Gasteiger partial charge is 0.477 e.